The van der Waals surface area contributed by atoms with E-state index in [1.165, 1.54) is 12.1 Å². The summed E-state index contributed by atoms with van der Waals surface area (Å²) in [5, 5.41) is 0. The Morgan fingerprint density at radius 2 is 2.00 bits per heavy atom. The molecule has 1 heterocycles. The average Bonchev–Trinajstić information content (AvgIpc) is 2.70. The molecule has 1 aromatic heterocycles. The molecule has 1 aromatic carbocycles. The molecule has 0 amide bonds. The van der Waals surface area contributed by atoms with Crippen LogP contribution in [0.3, 0.4) is 0 Å². The van der Waals surface area contributed by atoms with Crippen LogP contribution in [0.25, 0.3) is 0 Å². The molecule has 0 unspecified atom stereocenters. The van der Waals surface area contributed by atoms with E-state index in [2.05, 4.69) is 4.98 Å². The van der Waals surface area contributed by atoms with E-state index in [-0.39, 0.29) is 11.9 Å². The summed E-state index contributed by atoms with van der Waals surface area (Å²) in [6.45, 7) is 4.41. The number of nitrogens with zero attached hydrogens (tertiary/aromatic N) is 2. The van der Waals surface area contributed by atoms with E-state index >= 15 is 0 Å². The number of hydrogen-bond donors (Lipinski definition) is 1. The topological polar surface area (TPSA) is 53.1 Å². The van der Waals surface area contributed by atoms with E-state index < -0.39 is 0 Å². The molecule has 0 saturated heterocycles. The predicted molar refractivity (Wildman–Crippen MR) is 67.8 cm³/mol. The molecule has 0 radical (unpaired) electrons. The molecule has 2 rings (SSSR count). The Kier molecular flexibility index (Phi) is 3.50. The van der Waals surface area contributed by atoms with E-state index in [9.17, 15) is 4.39 Å². The minimum absolute atomic E-state index is 0.222. The highest BCUT2D eigenvalue weighted by atomic mass is 19.1. The summed E-state index contributed by atoms with van der Waals surface area (Å²) < 4.78 is 20.2. The largest absolute Gasteiger partial charge is 0.487 e. The van der Waals surface area contributed by atoms with Crippen molar-refractivity contribution in [2.24, 2.45) is 0 Å². The molecule has 4 nitrogen and oxygen atoms in total. The Hall–Kier alpha value is -2.04. The first-order chi connectivity index (χ1) is 8.58. The molecule has 0 fully saturated rings. The zero-order chi connectivity index (χ0) is 13.1. The molecule has 0 spiro atoms. The molecule has 5 heteroatoms. The molecule has 2 N–H and O–H groups in total. The average molecular weight is 249 g/mol. The molecule has 0 aliphatic rings. The summed E-state index contributed by atoms with van der Waals surface area (Å²) in [7, 11) is 0. The van der Waals surface area contributed by atoms with E-state index in [1.54, 1.807) is 18.3 Å². The Morgan fingerprint density at radius 1 is 1.33 bits per heavy atom. The number of aromatic nitrogens is 2. The highest BCUT2D eigenvalue weighted by Gasteiger charge is 2.10. The maximum atomic E-state index is 12.7. The van der Waals surface area contributed by atoms with Gasteiger partial charge in [0.25, 0.3) is 0 Å². The van der Waals surface area contributed by atoms with Crippen molar-refractivity contribution in [1.29, 1.82) is 0 Å². The van der Waals surface area contributed by atoms with Gasteiger partial charge in [0, 0.05) is 6.04 Å². The van der Waals surface area contributed by atoms with Gasteiger partial charge in [-0.3, -0.25) is 0 Å². The van der Waals surface area contributed by atoms with Crippen molar-refractivity contribution in [3.8, 4) is 5.75 Å². The Bertz CT molecular complexity index is 520. The summed E-state index contributed by atoms with van der Waals surface area (Å²) in [6.07, 6.45) is 1.69. The third kappa shape index (κ3) is 2.61. The Labute approximate surface area is 105 Å². The zero-order valence-corrected chi connectivity index (χ0v) is 10.4. The predicted octanol–water partition coefficient (Wildman–Crippen LogP) is 2.76. The number of hydrogen-bond acceptors (Lipinski definition) is 3. The molecule has 0 aliphatic heterocycles. The fourth-order valence-electron chi connectivity index (χ4n) is 1.80. The lowest BCUT2D eigenvalue weighted by Crippen LogP contribution is -2.11. The van der Waals surface area contributed by atoms with Gasteiger partial charge in [-0.1, -0.05) is 0 Å². The first kappa shape index (κ1) is 12.4. The van der Waals surface area contributed by atoms with Crippen molar-refractivity contribution >= 4 is 5.95 Å². The number of rotatable bonds is 4. The van der Waals surface area contributed by atoms with Crippen LogP contribution in [0.15, 0.2) is 30.5 Å². The SMILES string of the molecule is CC(C)n1c(COc2ccc(F)cc2)cnc1N. The van der Waals surface area contributed by atoms with Crippen LogP contribution in [0, 0.1) is 5.82 Å². The molecule has 0 bridgehead atoms. The van der Waals surface area contributed by atoms with Gasteiger partial charge in [0.1, 0.15) is 18.2 Å². The molecular weight excluding hydrogens is 233 g/mol. The second-order valence-corrected chi connectivity index (χ2v) is 4.31. The first-order valence-corrected chi connectivity index (χ1v) is 5.78. The van der Waals surface area contributed by atoms with Crippen LogP contribution in [0.1, 0.15) is 25.6 Å². The minimum Gasteiger partial charge on any atom is -0.487 e. The third-order valence-corrected chi connectivity index (χ3v) is 2.62. The van der Waals surface area contributed by atoms with Crippen LogP contribution >= 0.6 is 0 Å². The van der Waals surface area contributed by atoms with Crippen LogP contribution in [0.5, 0.6) is 5.75 Å². The lowest BCUT2D eigenvalue weighted by atomic mass is 10.3. The second kappa shape index (κ2) is 5.08. The maximum Gasteiger partial charge on any atom is 0.200 e. The standard InChI is InChI=1S/C13H16FN3O/c1-9(2)17-11(7-16-13(17)15)8-18-12-5-3-10(14)4-6-12/h3-7,9H,8H2,1-2H3,(H2,15,16). The number of benzene rings is 1. The smallest absolute Gasteiger partial charge is 0.200 e. The van der Waals surface area contributed by atoms with Crippen LogP contribution < -0.4 is 10.5 Å². The fourth-order valence-corrected chi connectivity index (χ4v) is 1.80. The number of nitrogens with two attached hydrogens (primary N) is 1. The Morgan fingerprint density at radius 3 is 2.61 bits per heavy atom. The van der Waals surface area contributed by atoms with E-state index in [4.69, 9.17) is 10.5 Å². The van der Waals surface area contributed by atoms with Gasteiger partial charge >= 0.3 is 0 Å². The van der Waals surface area contributed by atoms with Crippen molar-refractivity contribution < 1.29 is 9.13 Å². The monoisotopic (exact) mass is 249 g/mol. The molecule has 2 aromatic rings. The molecule has 0 atom stereocenters. The lowest BCUT2D eigenvalue weighted by molar-refractivity contribution is 0.292. The lowest BCUT2D eigenvalue weighted by Gasteiger charge is -2.14. The molecule has 18 heavy (non-hydrogen) atoms. The number of halogens is 1. The number of anilines is 1. The van der Waals surface area contributed by atoms with Gasteiger partial charge in [0.2, 0.25) is 5.95 Å². The molecule has 0 saturated carbocycles. The van der Waals surface area contributed by atoms with Crippen molar-refractivity contribution in [2.75, 3.05) is 5.73 Å². The van der Waals surface area contributed by atoms with Gasteiger partial charge in [-0.25, -0.2) is 9.37 Å². The normalized spacial score (nSPS) is 10.9. The quantitative estimate of drug-likeness (QED) is 0.906. The van der Waals surface area contributed by atoms with Crippen LogP contribution in [-0.2, 0) is 6.61 Å². The van der Waals surface area contributed by atoms with Crippen molar-refractivity contribution in [3.63, 3.8) is 0 Å². The summed E-state index contributed by atoms with van der Waals surface area (Å²) in [5.74, 6) is 0.813. The maximum absolute atomic E-state index is 12.7. The Balaban J connectivity index is 2.08. The summed E-state index contributed by atoms with van der Waals surface area (Å²) in [4.78, 5) is 4.06. The third-order valence-electron chi connectivity index (χ3n) is 2.62. The number of imidazole rings is 1. The molecule has 96 valence electrons. The fraction of sp³-hybridized carbons (Fsp3) is 0.308. The summed E-state index contributed by atoms with van der Waals surface area (Å²) in [6, 6.07) is 6.13. The molecule has 0 aliphatic carbocycles. The second-order valence-electron chi connectivity index (χ2n) is 4.31. The van der Waals surface area contributed by atoms with Gasteiger partial charge in [-0.05, 0) is 38.1 Å². The summed E-state index contributed by atoms with van der Waals surface area (Å²) in [5.41, 5.74) is 6.67. The van der Waals surface area contributed by atoms with Gasteiger partial charge < -0.3 is 15.0 Å². The molecular formula is C13H16FN3O. The van der Waals surface area contributed by atoms with Crippen LogP contribution in [-0.4, -0.2) is 9.55 Å². The zero-order valence-electron chi connectivity index (χ0n) is 10.4. The first-order valence-electron chi connectivity index (χ1n) is 5.78. The van der Waals surface area contributed by atoms with E-state index in [0.29, 0.717) is 18.3 Å². The van der Waals surface area contributed by atoms with Crippen molar-refractivity contribution in [2.45, 2.75) is 26.5 Å². The number of nitrogen functional groups attached to an aromatic ring is 1. The van der Waals surface area contributed by atoms with E-state index in [1.807, 2.05) is 18.4 Å². The van der Waals surface area contributed by atoms with Gasteiger partial charge in [-0.2, -0.15) is 0 Å². The van der Waals surface area contributed by atoms with Crippen LogP contribution in [0.2, 0.25) is 0 Å². The minimum atomic E-state index is -0.279. The number of ether oxygens (including phenoxy) is 1. The van der Waals surface area contributed by atoms with Gasteiger partial charge in [0.15, 0.2) is 0 Å². The van der Waals surface area contributed by atoms with Crippen molar-refractivity contribution in [1.82, 2.24) is 9.55 Å². The van der Waals surface area contributed by atoms with Gasteiger partial charge in [-0.15, -0.1) is 0 Å². The van der Waals surface area contributed by atoms with E-state index in [0.717, 1.165) is 5.69 Å². The highest BCUT2D eigenvalue weighted by molar-refractivity contribution is 5.25. The summed E-state index contributed by atoms with van der Waals surface area (Å²) >= 11 is 0. The van der Waals surface area contributed by atoms with Crippen molar-refractivity contribution in [3.05, 3.63) is 42.0 Å². The van der Waals surface area contributed by atoms with Crippen LogP contribution in [0.4, 0.5) is 10.3 Å². The highest BCUT2D eigenvalue weighted by Crippen LogP contribution is 2.18. The van der Waals surface area contributed by atoms with Gasteiger partial charge in [0.05, 0.1) is 11.9 Å².